The highest BCUT2D eigenvalue weighted by Gasteiger charge is 2.18. The van der Waals surface area contributed by atoms with Crippen LogP contribution in [0.4, 0.5) is 0 Å². The molecule has 0 aliphatic carbocycles. The number of aliphatic carboxylic acids is 1. The number of aromatic nitrogens is 3. The second kappa shape index (κ2) is 6.24. The molecule has 0 bridgehead atoms. The van der Waals surface area contributed by atoms with Gasteiger partial charge in [-0.25, -0.2) is 4.57 Å². The van der Waals surface area contributed by atoms with Gasteiger partial charge in [-0.05, 0) is 25.1 Å². The van der Waals surface area contributed by atoms with E-state index in [-0.39, 0.29) is 17.4 Å². The van der Waals surface area contributed by atoms with Gasteiger partial charge in [-0.3, -0.25) is 4.79 Å². The van der Waals surface area contributed by atoms with Crippen molar-refractivity contribution in [3.05, 3.63) is 46.5 Å². The van der Waals surface area contributed by atoms with E-state index in [1.165, 1.54) is 41.0 Å². The molecule has 1 heterocycles. The van der Waals surface area contributed by atoms with Crippen molar-refractivity contribution < 1.29 is 19.3 Å². The Balaban J connectivity index is 2.15. The van der Waals surface area contributed by atoms with Crippen molar-refractivity contribution >= 4 is 35.0 Å². The van der Waals surface area contributed by atoms with E-state index in [2.05, 4.69) is 5.10 Å². The Morgan fingerprint density at radius 2 is 2.14 bits per heavy atom. The standard InChI is InChI=1S/C13H11Cl2N3O3/c1-8(13(20)21)17-6-16-18(7-17)5-12(19)10-3-2-9(14)4-11(10)15/h2-4,6-8H,5H2,1H3/t8-/m1/s1. The van der Waals surface area contributed by atoms with Crippen molar-refractivity contribution in [2.24, 2.45) is 0 Å². The number of ketones is 1. The summed E-state index contributed by atoms with van der Waals surface area (Å²) >= 11 is 11.7. The van der Waals surface area contributed by atoms with E-state index < -0.39 is 12.0 Å². The number of nitrogens with zero attached hydrogens (tertiary/aromatic N) is 3. The first kappa shape index (κ1) is 15.5. The molecule has 0 unspecified atom stereocenters. The molecule has 0 amide bonds. The zero-order chi connectivity index (χ0) is 15.6. The van der Waals surface area contributed by atoms with Gasteiger partial charge >= 0.3 is 0 Å². The molecular weight excluding hydrogens is 317 g/mol. The number of carbonyl (C=O) groups is 2. The highest BCUT2D eigenvalue weighted by molar-refractivity contribution is 6.36. The Kier molecular flexibility index (Phi) is 4.59. The Morgan fingerprint density at radius 3 is 2.76 bits per heavy atom. The molecule has 110 valence electrons. The Morgan fingerprint density at radius 1 is 1.43 bits per heavy atom. The SMILES string of the molecule is C[C@H](C(=O)[O-])[n+]1cnn(CC(=O)c2ccc(Cl)cc2Cl)c1. The third-order valence-electron chi connectivity index (χ3n) is 2.93. The van der Waals surface area contributed by atoms with E-state index in [4.69, 9.17) is 23.2 Å². The van der Waals surface area contributed by atoms with Gasteiger partial charge in [-0.15, -0.1) is 4.68 Å². The minimum atomic E-state index is -1.23. The lowest BCUT2D eigenvalue weighted by Gasteiger charge is -2.07. The van der Waals surface area contributed by atoms with E-state index in [1.54, 1.807) is 6.07 Å². The number of carboxylic acid groups (broad SMARTS) is 1. The Hall–Kier alpha value is -1.92. The van der Waals surface area contributed by atoms with Crippen LogP contribution < -0.4 is 9.67 Å². The molecule has 0 aliphatic rings. The van der Waals surface area contributed by atoms with E-state index in [0.717, 1.165) is 0 Å². The van der Waals surface area contributed by atoms with Crippen LogP contribution in [0.3, 0.4) is 0 Å². The monoisotopic (exact) mass is 327 g/mol. The summed E-state index contributed by atoms with van der Waals surface area (Å²) in [4.78, 5) is 22.9. The normalized spacial score (nSPS) is 12.1. The average Bonchev–Trinajstić information content (AvgIpc) is 2.85. The molecule has 6 nitrogen and oxygen atoms in total. The Bertz CT molecular complexity index is 700. The van der Waals surface area contributed by atoms with Crippen LogP contribution in [0, 0.1) is 0 Å². The van der Waals surface area contributed by atoms with Crippen LogP contribution in [-0.4, -0.2) is 21.5 Å². The minimum absolute atomic E-state index is 0.0614. The molecule has 8 heteroatoms. The lowest BCUT2D eigenvalue weighted by molar-refractivity contribution is -0.713. The molecule has 1 atom stereocenters. The number of rotatable bonds is 5. The summed E-state index contributed by atoms with van der Waals surface area (Å²) in [5.41, 5.74) is 0.330. The summed E-state index contributed by atoms with van der Waals surface area (Å²) in [5, 5.41) is 15.4. The van der Waals surface area contributed by atoms with Crippen molar-refractivity contribution in [1.82, 2.24) is 9.78 Å². The third kappa shape index (κ3) is 3.59. The number of halogens is 2. The molecule has 1 aromatic heterocycles. The van der Waals surface area contributed by atoms with Crippen LogP contribution in [0.1, 0.15) is 23.3 Å². The van der Waals surface area contributed by atoms with Crippen molar-refractivity contribution in [2.45, 2.75) is 19.5 Å². The lowest BCUT2D eigenvalue weighted by Crippen LogP contribution is -2.46. The van der Waals surface area contributed by atoms with Crippen molar-refractivity contribution in [2.75, 3.05) is 0 Å². The van der Waals surface area contributed by atoms with Gasteiger partial charge in [0.1, 0.15) is 6.04 Å². The predicted octanol–water partition coefficient (Wildman–Crippen LogP) is 0.671. The fraction of sp³-hybridized carbons (Fsp3) is 0.231. The summed E-state index contributed by atoms with van der Waals surface area (Å²) < 4.78 is 2.67. The third-order valence-corrected chi connectivity index (χ3v) is 3.47. The first-order chi connectivity index (χ1) is 9.88. The first-order valence-electron chi connectivity index (χ1n) is 6.01. The molecular formula is C13H11Cl2N3O3. The zero-order valence-electron chi connectivity index (χ0n) is 11.0. The summed E-state index contributed by atoms with van der Waals surface area (Å²) in [6, 6.07) is 3.72. The maximum Gasteiger partial charge on any atom is 0.265 e. The summed E-state index contributed by atoms with van der Waals surface area (Å²) in [6.07, 6.45) is 2.74. The van der Waals surface area contributed by atoms with Crippen molar-refractivity contribution in [3.8, 4) is 0 Å². The zero-order valence-corrected chi connectivity index (χ0v) is 12.5. The van der Waals surface area contributed by atoms with Gasteiger partial charge in [0.2, 0.25) is 12.1 Å². The van der Waals surface area contributed by atoms with Gasteiger partial charge < -0.3 is 9.90 Å². The summed E-state index contributed by atoms with van der Waals surface area (Å²) in [7, 11) is 0. The summed E-state index contributed by atoms with van der Waals surface area (Å²) in [6.45, 7) is 1.40. The van der Waals surface area contributed by atoms with E-state index in [9.17, 15) is 14.7 Å². The summed E-state index contributed by atoms with van der Waals surface area (Å²) in [5.74, 6) is -1.49. The highest BCUT2D eigenvalue weighted by Crippen LogP contribution is 2.21. The molecule has 0 saturated carbocycles. The minimum Gasteiger partial charge on any atom is -0.546 e. The fourth-order valence-corrected chi connectivity index (χ4v) is 2.20. The maximum atomic E-state index is 12.1. The average molecular weight is 328 g/mol. The van der Waals surface area contributed by atoms with E-state index in [1.807, 2.05) is 0 Å². The molecule has 0 N–H and O–H groups in total. The molecule has 0 aliphatic heterocycles. The van der Waals surface area contributed by atoms with Gasteiger partial charge in [-0.1, -0.05) is 23.2 Å². The van der Waals surface area contributed by atoms with Crippen LogP contribution in [0.25, 0.3) is 0 Å². The molecule has 0 spiro atoms. The fourth-order valence-electron chi connectivity index (χ4n) is 1.69. The van der Waals surface area contributed by atoms with E-state index >= 15 is 0 Å². The van der Waals surface area contributed by atoms with Gasteiger partial charge in [0.05, 0.1) is 11.0 Å². The van der Waals surface area contributed by atoms with Crippen LogP contribution in [0.5, 0.6) is 0 Å². The molecule has 21 heavy (non-hydrogen) atoms. The number of hydrogen-bond donors (Lipinski definition) is 0. The van der Waals surface area contributed by atoms with Crippen LogP contribution in [0.2, 0.25) is 10.0 Å². The van der Waals surface area contributed by atoms with Gasteiger partial charge in [-0.2, -0.15) is 0 Å². The van der Waals surface area contributed by atoms with E-state index in [0.29, 0.717) is 10.6 Å². The quantitative estimate of drug-likeness (QED) is 0.597. The van der Waals surface area contributed by atoms with Crippen LogP contribution >= 0.6 is 23.2 Å². The topological polar surface area (TPSA) is 78.9 Å². The molecule has 0 radical (unpaired) electrons. The lowest BCUT2D eigenvalue weighted by atomic mass is 10.1. The van der Waals surface area contributed by atoms with Crippen molar-refractivity contribution in [3.63, 3.8) is 0 Å². The molecule has 0 saturated heterocycles. The van der Waals surface area contributed by atoms with Crippen LogP contribution in [-0.2, 0) is 11.3 Å². The Labute approximate surface area is 130 Å². The molecule has 0 fully saturated rings. The molecule has 2 rings (SSSR count). The van der Waals surface area contributed by atoms with Gasteiger partial charge in [0, 0.05) is 15.7 Å². The molecule has 1 aromatic carbocycles. The second-order valence-electron chi connectivity index (χ2n) is 4.43. The largest absolute Gasteiger partial charge is 0.546 e. The number of Topliss-reactive ketones (excluding diaryl/α,β-unsaturated/α-hetero) is 1. The van der Waals surface area contributed by atoms with Gasteiger partial charge in [0.25, 0.3) is 6.33 Å². The van der Waals surface area contributed by atoms with Crippen LogP contribution in [0.15, 0.2) is 30.9 Å². The molecule has 2 aromatic rings. The highest BCUT2D eigenvalue weighted by atomic mass is 35.5. The second-order valence-corrected chi connectivity index (χ2v) is 5.28. The number of benzene rings is 1. The number of carboxylic acids is 1. The smallest absolute Gasteiger partial charge is 0.265 e. The predicted molar refractivity (Wildman–Crippen MR) is 72.9 cm³/mol. The van der Waals surface area contributed by atoms with Gasteiger partial charge in [0.15, 0.2) is 6.54 Å². The first-order valence-corrected chi connectivity index (χ1v) is 6.76. The number of carbonyl (C=O) groups excluding carboxylic acids is 2. The maximum absolute atomic E-state index is 12.1. The number of hydrogen-bond acceptors (Lipinski definition) is 4. The van der Waals surface area contributed by atoms with Crippen molar-refractivity contribution in [1.29, 1.82) is 0 Å².